The van der Waals surface area contributed by atoms with Crippen LogP contribution in [-0.2, 0) is 37.3 Å². The van der Waals surface area contributed by atoms with Crippen molar-refractivity contribution < 1.29 is 43.0 Å². The van der Waals surface area contributed by atoms with E-state index in [-0.39, 0.29) is 17.1 Å². The molecule has 10 heavy (non-hydrogen) atoms. The molecule has 0 unspecified atom stereocenters. The summed E-state index contributed by atoms with van der Waals surface area (Å²) in [7, 11) is -9.24. The Bertz CT molecular complexity index is 241. The summed E-state index contributed by atoms with van der Waals surface area (Å²) >= 11 is 0. The van der Waals surface area contributed by atoms with Crippen LogP contribution >= 0.6 is 0 Å². The van der Waals surface area contributed by atoms with Crippen LogP contribution < -0.4 is 0 Å². The zero-order chi connectivity index (χ0) is 7.71. The van der Waals surface area contributed by atoms with Gasteiger partial charge >= 0.3 is 0 Å². The summed E-state index contributed by atoms with van der Waals surface area (Å²) in [6.07, 6.45) is 0. The van der Waals surface area contributed by atoms with Gasteiger partial charge in [0.05, 0.1) is 0 Å². The van der Waals surface area contributed by atoms with Crippen LogP contribution in [-0.4, -0.2) is 31.0 Å². The van der Waals surface area contributed by atoms with Crippen LogP contribution in [0.2, 0.25) is 0 Å². The number of rotatable bonds is 2. The van der Waals surface area contributed by atoms with Gasteiger partial charge in [0, 0.05) is 17.1 Å². The molecule has 0 aromatic carbocycles. The Labute approximate surface area is 68.6 Å². The first-order chi connectivity index (χ1) is 3.71. The van der Waals surface area contributed by atoms with Crippen molar-refractivity contribution in [1.29, 1.82) is 0 Å². The van der Waals surface area contributed by atoms with Gasteiger partial charge in [0.25, 0.3) is 20.2 Å². The van der Waals surface area contributed by atoms with Crippen molar-refractivity contribution in [1.82, 2.24) is 0 Å². The molecule has 1 radical (unpaired) electrons. The average Bonchev–Trinajstić information content (AvgIpc) is 1.14. The molecule has 0 aliphatic carbocycles. The molecule has 67 valence electrons. The third-order valence-electron chi connectivity index (χ3n) is 0.298. The van der Waals surface area contributed by atoms with Gasteiger partial charge in [-0.2, -0.15) is 16.8 Å². The van der Waals surface area contributed by atoms with E-state index in [0.29, 0.717) is 0 Å². The third-order valence-corrected chi connectivity index (χ3v) is 2.68. The molecule has 9 heteroatoms. The van der Waals surface area contributed by atoms with Crippen LogP contribution in [0.15, 0.2) is 0 Å². The molecule has 0 bridgehead atoms. The Morgan fingerprint density at radius 2 is 1.10 bits per heavy atom. The molecular formula is CH4CuO6S2. The Balaban J connectivity index is 0. The van der Waals surface area contributed by atoms with Crippen LogP contribution in [0.3, 0.4) is 0 Å². The topological polar surface area (TPSA) is 109 Å². The summed E-state index contributed by atoms with van der Waals surface area (Å²) in [6.45, 7) is 0. The van der Waals surface area contributed by atoms with Crippen molar-refractivity contribution in [2.45, 2.75) is 0 Å². The average molecular weight is 240 g/mol. The van der Waals surface area contributed by atoms with Gasteiger partial charge in [-0.15, -0.1) is 0 Å². The maximum atomic E-state index is 9.66. The van der Waals surface area contributed by atoms with E-state index in [4.69, 9.17) is 9.11 Å². The maximum Gasteiger partial charge on any atom is 0.281 e. The molecule has 0 atom stereocenters. The van der Waals surface area contributed by atoms with Gasteiger partial charge in [-0.25, -0.2) is 0 Å². The molecule has 0 aromatic rings. The monoisotopic (exact) mass is 239 g/mol. The first-order valence-corrected chi connectivity index (χ1v) is 4.83. The second-order valence-electron chi connectivity index (χ2n) is 1.28. The Morgan fingerprint density at radius 1 is 0.900 bits per heavy atom. The van der Waals surface area contributed by atoms with E-state index in [2.05, 4.69) is 0 Å². The molecule has 0 saturated carbocycles. The molecule has 6 nitrogen and oxygen atoms in total. The molecule has 0 amide bonds. The summed E-state index contributed by atoms with van der Waals surface area (Å²) in [5.41, 5.74) is 0. The SMILES string of the molecule is O=S(=O)(O)CS(=O)(=O)O.[Cu]. The van der Waals surface area contributed by atoms with Gasteiger partial charge in [-0.3, -0.25) is 9.11 Å². The van der Waals surface area contributed by atoms with Gasteiger partial charge in [-0.1, -0.05) is 0 Å². The first kappa shape index (κ1) is 13.0. The van der Waals surface area contributed by atoms with Crippen LogP contribution in [0.1, 0.15) is 0 Å². The standard InChI is InChI=1S/CH4O6S2.Cu/c2-8(3,4)1-9(5,6)7;/h1H2,(H,2,3,4)(H,5,6,7);. The van der Waals surface area contributed by atoms with E-state index in [0.717, 1.165) is 0 Å². The molecule has 0 aliphatic heterocycles. The predicted molar refractivity (Wildman–Crippen MR) is 28.0 cm³/mol. The third kappa shape index (κ3) is 11.2. The molecule has 0 heterocycles. The van der Waals surface area contributed by atoms with Crippen molar-refractivity contribution in [3.05, 3.63) is 0 Å². The van der Waals surface area contributed by atoms with E-state index < -0.39 is 25.3 Å². The summed E-state index contributed by atoms with van der Waals surface area (Å²) in [6, 6.07) is 0. The number of hydrogen-bond donors (Lipinski definition) is 2. The zero-order valence-electron chi connectivity index (χ0n) is 4.35. The van der Waals surface area contributed by atoms with Crippen molar-refractivity contribution in [2.75, 3.05) is 5.08 Å². The molecule has 0 aliphatic rings. The fourth-order valence-corrected chi connectivity index (χ4v) is 1.69. The maximum absolute atomic E-state index is 9.66. The number of hydrogen-bond acceptors (Lipinski definition) is 4. The minimum absolute atomic E-state index is 0. The molecule has 0 fully saturated rings. The van der Waals surface area contributed by atoms with Gasteiger partial charge in [0.1, 0.15) is 0 Å². The van der Waals surface area contributed by atoms with E-state index in [9.17, 15) is 16.8 Å². The summed E-state index contributed by atoms with van der Waals surface area (Å²) in [4.78, 5) is 0. The smallest absolute Gasteiger partial charge is 0.281 e. The Hall–Kier alpha value is 0.339. The van der Waals surface area contributed by atoms with Gasteiger partial charge in [0.2, 0.25) is 5.08 Å². The molecule has 0 saturated heterocycles. The summed E-state index contributed by atoms with van der Waals surface area (Å²) in [5.74, 6) is 0. The van der Waals surface area contributed by atoms with Crippen molar-refractivity contribution >= 4 is 20.2 Å². The molecule has 0 rings (SSSR count). The van der Waals surface area contributed by atoms with Crippen molar-refractivity contribution in [3.8, 4) is 0 Å². The van der Waals surface area contributed by atoms with Crippen LogP contribution in [0.25, 0.3) is 0 Å². The summed E-state index contributed by atoms with van der Waals surface area (Å²) < 4.78 is 54.2. The fraction of sp³-hybridized carbons (Fsp3) is 1.00. The summed E-state index contributed by atoms with van der Waals surface area (Å²) in [5, 5.41) is -1.65. The predicted octanol–water partition coefficient (Wildman–Crippen LogP) is -1.28. The van der Waals surface area contributed by atoms with Crippen molar-refractivity contribution in [2.24, 2.45) is 0 Å². The first-order valence-electron chi connectivity index (χ1n) is 1.61. The van der Waals surface area contributed by atoms with Crippen LogP contribution in [0.4, 0.5) is 0 Å². The van der Waals surface area contributed by atoms with Gasteiger partial charge < -0.3 is 0 Å². The zero-order valence-corrected chi connectivity index (χ0v) is 6.93. The molecular weight excluding hydrogens is 236 g/mol. The molecule has 2 N–H and O–H groups in total. The van der Waals surface area contributed by atoms with Crippen LogP contribution in [0.5, 0.6) is 0 Å². The molecule has 0 spiro atoms. The quantitative estimate of drug-likeness (QED) is 0.459. The van der Waals surface area contributed by atoms with Crippen LogP contribution in [0, 0.1) is 0 Å². The van der Waals surface area contributed by atoms with E-state index in [1.54, 1.807) is 0 Å². The normalized spacial score (nSPS) is 12.2. The second kappa shape index (κ2) is 3.65. The van der Waals surface area contributed by atoms with E-state index in [1.165, 1.54) is 0 Å². The fourth-order valence-electron chi connectivity index (χ4n) is 0.188. The van der Waals surface area contributed by atoms with E-state index in [1.807, 2.05) is 0 Å². The van der Waals surface area contributed by atoms with Gasteiger partial charge in [-0.05, 0) is 0 Å². The van der Waals surface area contributed by atoms with Gasteiger partial charge in [0.15, 0.2) is 0 Å². The Kier molecular flexibility index (Phi) is 4.73. The van der Waals surface area contributed by atoms with Crippen molar-refractivity contribution in [3.63, 3.8) is 0 Å². The largest absolute Gasteiger partial charge is 0.285 e. The second-order valence-corrected chi connectivity index (χ2v) is 4.55. The Morgan fingerprint density at radius 3 is 1.10 bits per heavy atom. The minimum Gasteiger partial charge on any atom is -0.285 e. The van der Waals surface area contributed by atoms with E-state index >= 15 is 0 Å². The minimum atomic E-state index is -4.62. The molecule has 0 aromatic heterocycles.